The Kier molecular flexibility index (Phi) is 1.48. The summed E-state index contributed by atoms with van der Waals surface area (Å²) >= 11 is 0. The van der Waals surface area contributed by atoms with Crippen LogP contribution in [0.4, 0.5) is 0 Å². The van der Waals surface area contributed by atoms with E-state index in [9.17, 15) is 0 Å². The number of ether oxygens (including phenoxy) is 1. The molecule has 1 nitrogen and oxygen atoms in total. The van der Waals surface area contributed by atoms with E-state index < -0.39 is 0 Å². The SMILES string of the molecule is C[C@@]12CCCC[C@@H]1CCO2. The molecule has 1 saturated heterocycles. The molecule has 1 saturated carbocycles. The van der Waals surface area contributed by atoms with Gasteiger partial charge in [0.05, 0.1) is 5.60 Å². The molecular formula is C9H16O. The molecule has 2 aliphatic rings. The molecule has 1 aliphatic heterocycles. The molecule has 0 aromatic carbocycles. The summed E-state index contributed by atoms with van der Waals surface area (Å²) in [5.41, 5.74) is 0.290. The Hall–Kier alpha value is -0.0400. The van der Waals surface area contributed by atoms with Crippen molar-refractivity contribution in [2.24, 2.45) is 5.92 Å². The van der Waals surface area contributed by atoms with Gasteiger partial charge >= 0.3 is 0 Å². The van der Waals surface area contributed by atoms with Crippen molar-refractivity contribution < 1.29 is 4.74 Å². The van der Waals surface area contributed by atoms with Crippen LogP contribution in [0, 0.1) is 5.92 Å². The van der Waals surface area contributed by atoms with Gasteiger partial charge in [-0.15, -0.1) is 0 Å². The van der Waals surface area contributed by atoms with Gasteiger partial charge in [-0.2, -0.15) is 0 Å². The second kappa shape index (κ2) is 2.23. The highest BCUT2D eigenvalue weighted by Crippen LogP contribution is 2.42. The lowest BCUT2D eigenvalue weighted by Gasteiger charge is -2.34. The summed E-state index contributed by atoms with van der Waals surface area (Å²) < 4.78 is 5.74. The van der Waals surface area contributed by atoms with Gasteiger partial charge in [-0.25, -0.2) is 0 Å². The predicted octanol–water partition coefficient (Wildman–Crippen LogP) is 2.36. The van der Waals surface area contributed by atoms with Crippen LogP contribution in [-0.4, -0.2) is 12.2 Å². The van der Waals surface area contributed by atoms with E-state index in [2.05, 4.69) is 6.92 Å². The number of hydrogen-bond acceptors (Lipinski definition) is 1. The third-order valence-corrected chi connectivity index (χ3v) is 3.24. The van der Waals surface area contributed by atoms with Gasteiger partial charge in [0.1, 0.15) is 0 Å². The zero-order chi connectivity index (χ0) is 7.03. The van der Waals surface area contributed by atoms with Crippen molar-refractivity contribution >= 4 is 0 Å². The van der Waals surface area contributed by atoms with Crippen LogP contribution in [-0.2, 0) is 4.74 Å². The monoisotopic (exact) mass is 140 g/mol. The highest BCUT2D eigenvalue weighted by atomic mass is 16.5. The molecule has 1 heteroatoms. The molecule has 0 aromatic rings. The van der Waals surface area contributed by atoms with Gasteiger partial charge in [0, 0.05) is 6.61 Å². The van der Waals surface area contributed by atoms with Crippen molar-refractivity contribution in [2.45, 2.75) is 44.6 Å². The van der Waals surface area contributed by atoms with Gasteiger partial charge in [-0.05, 0) is 32.1 Å². The van der Waals surface area contributed by atoms with Crippen LogP contribution in [0.25, 0.3) is 0 Å². The van der Waals surface area contributed by atoms with E-state index in [0.29, 0.717) is 0 Å². The summed E-state index contributed by atoms with van der Waals surface area (Å²) in [5, 5.41) is 0. The minimum atomic E-state index is 0.290. The Labute approximate surface area is 62.8 Å². The zero-order valence-electron chi connectivity index (χ0n) is 6.73. The third kappa shape index (κ3) is 0.878. The Balaban J connectivity index is 2.10. The van der Waals surface area contributed by atoms with Crippen LogP contribution >= 0.6 is 0 Å². The molecular weight excluding hydrogens is 124 g/mol. The van der Waals surface area contributed by atoms with E-state index in [4.69, 9.17) is 4.74 Å². The van der Waals surface area contributed by atoms with Crippen LogP contribution in [0.5, 0.6) is 0 Å². The van der Waals surface area contributed by atoms with Gasteiger partial charge in [0.2, 0.25) is 0 Å². The quantitative estimate of drug-likeness (QED) is 0.502. The van der Waals surface area contributed by atoms with E-state index in [1.54, 1.807) is 0 Å². The molecule has 0 N–H and O–H groups in total. The smallest absolute Gasteiger partial charge is 0.0683 e. The number of hydrogen-bond donors (Lipinski definition) is 0. The summed E-state index contributed by atoms with van der Waals surface area (Å²) in [5.74, 6) is 0.890. The molecule has 2 fully saturated rings. The molecule has 0 amide bonds. The minimum Gasteiger partial charge on any atom is -0.375 e. The van der Waals surface area contributed by atoms with Crippen molar-refractivity contribution in [2.75, 3.05) is 6.61 Å². The Morgan fingerprint density at radius 3 is 3.00 bits per heavy atom. The average molecular weight is 140 g/mol. The molecule has 10 heavy (non-hydrogen) atoms. The first-order chi connectivity index (χ1) is 4.81. The fraction of sp³-hybridized carbons (Fsp3) is 1.00. The molecule has 0 unspecified atom stereocenters. The summed E-state index contributed by atoms with van der Waals surface area (Å²) in [7, 11) is 0. The summed E-state index contributed by atoms with van der Waals surface area (Å²) in [6.07, 6.45) is 6.85. The maximum absolute atomic E-state index is 5.74. The molecule has 1 heterocycles. The van der Waals surface area contributed by atoms with Crippen molar-refractivity contribution in [1.82, 2.24) is 0 Å². The summed E-state index contributed by atoms with van der Waals surface area (Å²) in [6.45, 7) is 3.31. The largest absolute Gasteiger partial charge is 0.375 e. The van der Waals surface area contributed by atoms with E-state index >= 15 is 0 Å². The Morgan fingerprint density at radius 2 is 2.20 bits per heavy atom. The van der Waals surface area contributed by atoms with Crippen molar-refractivity contribution in [3.63, 3.8) is 0 Å². The van der Waals surface area contributed by atoms with E-state index in [0.717, 1.165) is 12.5 Å². The summed E-state index contributed by atoms with van der Waals surface area (Å²) in [4.78, 5) is 0. The van der Waals surface area contributed by atoms with E-state index in [1.807, 2.05) is 0 Å². The standard InChI is InChI=1S/C9H16O/c1-9-6-3-2-4-8(9)5-7-10-9/h8H,2-7H2,1H3/t8-,9-/m1/s1. The first kappa shape index (κ1) is 6.66. The molecule has 58 valence electrons. The average Bonchev–Trinajstić information content (AvgIpc) is 2.29. The Bertz CT molecular complexity index is 133. The van der Waals surface area contributed by atoms with Crippen LogP contribution in [0.1, 0.15) is 39.0 Å². The second-order valence-electron chi connectivity index (χ2n) is 3.89. The highest BCUT2D eigenvalue weighted by molar-refractivity contribution is 4.91. The number of fused-ring (bicyclic) bond motifs is 1. The lowest BCUT2D eigenvalue weighted by Crippen LogP contribution is -2.34. The van der Waals surface area contributed by atoms with Crippen LogP contribution in [0.15, 0.2) is 0 Å². The predicted molar refractivity (Wildman–Crippen MR) is 40.9 cm³/mol. The first-order valence-corrected chi connectivity index (χ1v) is 4.45. The van der Waals surface area contributed by atoms with Gasteiger partial charge in [-0.3, -0.25) is 0 Å². The second-order valence-corrected chi connectivity index (χ2v) is 3.89. The maximum Gasteiger partial charge on any atom is 0.0683 e. The van der Waals surface area contributed by atoms with Crippen molar-refractivity contribution in [1.29, 1.82) is 0 Å². The molecule has 0 aromatic heterocycles. The topological polar surface area (TPSA) is 9.23 Å². The fourth-order valence-electron chi connectivity index (χ4n) is 2.45. The van der Waals surface area contributed by atoms with E-state index in [-0.39, 0.29) is 5.60 Å². The van der Waals surface area contributed by atoms with Crippen molar-refractivity contribution in [3.05, 3.63) is 0 Å². The first-order valence-electron chi connectivity index (χ1n) is 4.45. The maximum atomic E-state index is 5.74. The third-order valence-electron chi connectivity index (χ3n) is 3.24. The highest BCUT2D eigenvalue weighted by Gasteiger charge is 2.41. The van der Waals surface area contributed by atoms with Crippen LogP contribution < -0.4 is 0 Å². The lowest BCUT2D eigenvalue weighted by atomic mass is 9.77. The normalized spacial score (nSPS) is 47.1. The lowest BCUT2D eigenvalue weighted by molar-refractivity contribution is -0.0284. The van der Waals surface area contributed by atoms with Gasteiger partial charge in [0.25, 0.3) is 0 Å². The minimum absolute atomic E-state index is 0.290. The number of rotatable bonds is 0. The molecule has 0 radical (unpaired) electrons. The molecule has 2 atom stereocenters. The van der Waals surface area contributed by atoms with Gasteiger partial charge in [0.15, 0.2) is 0 Å². The van der Waals surface area contributed by atoms with Crippen LogP contribution in [0.3, 0.4) is 0 Å². The van der Waals surface area contributed by atoms with Gasteiger partial charge < -0.3 is 4.74 Å². The molecule has 0 spiro atoms. The van der Waals surface area contributed by atoms with Gasteiger partial charge in [-0.1, -0.05) is 12.8 Å². The zero-order valence-corrected chi connectivity index (χ0v) is 6.73. The molecule has 2 rings (SSSR count). The van der Waals surface area contributed by atoms with E-state index in [1.165, 1.54) is 32.1 Å². The fourth-order valence-corrected chi connectivity index (χ4v) is 2.45. The molecule has 0 bridgehead atoms. The summed E-state index contributed by atoms with van der Waals surface area (Å²) in [6, 6.07) is 0. The Morgan fingerprint density at radius 1 is 1.30 bits per heavy atom. The van der Waals surface area contributed by atoms with Crippen LogP contribution in [0.2, 0.25) is 0 Å². The molecule has 1 aliphatic carbocycles. The van der Waals surface area contributed by atoms with Crippen molar-refractivity contribution in [3.8, 4) is 0 Å².